The Morgan fingerprint density at radius 2 is 1.92 bits per heavy atom. The molecule has 26 heavy (non-hydrogen) atoms. The standard InChI is InChI=1S/C19H20N4O3/c1-14(25-2)18-17(12-21-23(18)16-8-10-20-11-9-16)22-19(24)26-13-15-6-4-3-5-7-15/h3-12,14H,13H2,1-2H3,(H,22,24)/t14-/m0/s1. The highest BCUT2D eigenvalue weighted by Crippen LogP contribution is 2.27. The Hall–Kier alpha value is -3.19. The first-order valence-corrected chi connectivity index (χ1v) is 8.18. The third-order valence-electron chi connectivity index (χ3n) is 3.90. The number of ether oxygens (including phenoxy) is 2. The van der Waals surface area contributed by atoms with E-state index in [9.17, 15) is 4.79 Å². The van der Waals surface area contributed by atoms with Gasteiger partial charge in [-0.1, -0.05) is 30.3 Å². The fraction of sp³-hybridized carbons (Fsp3) is 0.211. The molecule has 0 radical (unpaired) electrons. The van der Waals surface area contributed by atoms with Crippen LogP contribution in [0.5, 0.6) is 0 Å². The molecule has 0 aliphatic carbocycles. The maximum atomic E-state index is 12.2. The molecule has 1 amide bonds. The van der Waals surface area contributed by atoms with Gasteiger partial charge in [-0.2, -0.15) is 5.10 Å². The maximum Gasteiger partial charge on any atom is 0.412 e. The lowest BCUT2D eigenvalue weighted by atomic mass is 10.2. The number of anilines is 1. The van der Waals surface area contributed by atoms with Crippen molar-refractivity contribution in [1.82, 2.24) is 14.8 Å². The monoisotopic (exact) mass is 352 g/mol. The third-order valence-corrected chi connectivity index (χ3v) is 3.90. The first-order valence-electron chi connectivity index (χ1n) is 8.18. The van der Waals surface area contributed by atoms with Gasteiger partial charge in [-0.25, -0.2) is 9.48 Å². The number of rotatable bonds is 6. The van der Waals surface area contributed by atoms with E-state index < -0.39 is 6.09 Å². The van der Waals surface area contributed by atoms with Crippen LogP contribution in [-0.4, -0.2) is 28.0 Å². The number of carbonyl (C=O) groups excluding carboxylic acids is 1. The molecule has 0 bridgehead atoms. The molecule has 7 heteroatoms. The van der Waals surface area contributed by atoms with Crippen LogP contribution in [0.1, 0.15) is 24.3 Å². The van der Waals surface area contributed by atoms with Crippen molar-refractivity contribution in [3.63, 3.8) is 0 Å². The summed E-state index contributed by atoms with van der Waals surface area (Å²) >= 11 is 0. The van der Waals surface area contributed by atoms with Crippen LogP contribution >= 0.6 is 0 Å². The lowest BCUT2D eigenvalue weighted by Crippen LogP contribution is -2.16. The highest BCUT2D eigenvalue weighted by molar-refractivity contribution is 5.85. The quantitative estimate of drug-likeness (QED) is 0.731. The number of methoxy groups -OCH3 is 1. The van der Waals surface area contributed by atoms with Crippen molar-refractivity contribution >= 4 is 11.8 Å². The van der Waals surface area contributed by atoms with Gasteiger partial charge in [-0.3, -0.25) is 10.3 Å². The molecule has 1 aromatic carbocycles. The van der Waals surface area contributed by atoms with Crippen LogP contribution in [0.2, 0.25) is 0 Å². The van der Waals surface area contributed by atoms with E-state index >= 15 is 0 Å². The van der Waals surface area contributed by atoms with Crippen LogP contribution in [0.4, 0.5) is 10.5 Å². The molecule has 1 N–H and O–H groups in total. The molecule has 134 valence electrons. The Labute approximate surface area is 151 Å². The summed E-state index contributed by atoms with van der Waals surface area (Å²) in [5, 5.41) is 7.11. The van der Waals surface area contributed by atoms with Crippen LogP contribution in [-0.2, 0) is 16.1 Å². The Morgan fingerprint density at radius 3 is 2.62 bits per heavy atom. The Kier molecular flexibility index (Phi) is 5.60. The molecule has 0 fully saturated rings. The lowest BCUT2D eigenvalue weighted by molar-refractivity contribution is 0.114. The van der Waals surface area contributed by atoms with Gasteiger partial charge in [0.1, 0.15) is 6.61 Å². The molecular formula is C19H20N4O3. The Morgan fingerprint density at radius 1 is 1.19 bits per heavy atom. The van der Waals surface area contributed by atoms with Gasteiger partial charge in [-0.15, -0.1) is 0 Å². The molecule has 1 atom stereocenters. The second-order valence-electron chi connectivity index (χ2n) is 5.63. The minimum Gasteiger partial charge on any atom is -0.444 e. The molecule has 0 spiro atoms. The van der Waals surface area contributed by atoms with E-state index in [4.69, 9.17) is 9.47 Å². The van der Waals surface area contributed by atoms with Gasteiger partial charge in [-0.05, 0) is 24.6 Å². The molecule has 3 rings (SSSR count). The number of amides is 1. The van der Waals surface area contributed by atoms with E-state index in [-0.39, 0.29) is 12.7 Å². The largest absolute Gasteiger partial charge is 0.444 e. The predicted octanol–water partition coefficient (Wildman–Crippen LogP) is 3.72. The van der Waals surface area contributed by atoms with Crippen molar-refractivity contribution in [3.05, 3.63) is 72.3 Å². The molecule has 0 saturated carbocycles. The van der Waals surface area contributed by atoms with E-state index in [1.807, 2.05) is 49.4 Å². The second-order valence-corrected chi connectivity index (χ2v) is 5.63. The highest BCUT2D eigenvalue weighted by Gasteiger charge is 2.20. The number of carbonyl (C=O) groups is 1. The van der Waals surface area contributed by atoms with Gasteiger partial charge in [0.05, 0.1) is 29.4 Å². The fourth-order valence-corrected chi connectivity index (χ4v) is 2.52. The average molecular weight is 352 g/mol. The molecule has 0 unspecified atom stereocenters. The Balaban J connectivity index is 1.77. The number of hydrogen-bond donors (Lipinski definition) is 1. The van der Waals surface area contributed by atoms with E-state index in [2.05, 4.69) is 15.4 Å². The summed E-state index contributed by atoms with van der Waals surface area (Å²) in [6.45, 7) is 2.08. The molecule has 2 heterocycles. The zero-order valence-electron chi connectivity index (χ0n) is 14.6. The van der Waals surface area contributed by atoms with E-state index in [1.54, 1.807) is 30.4 Å². The lowest BCUT2D eigenvalue weighted by Gasteiger charge is -2.15. The summed E-state index contributed by atoms with van der Waals surface area (Å²) in [5.41, 5.74) is 3.00. The van der Waals surface area contributed by atoms with Crippen molar-refractivity contribution in [3.8, 4) is 5.69 Å². The molecular weight excluding hydrogens is 332 g/mol. The SMILES string of the molecule is CO[C@@H](C)c1c(NC(=O)OCc2ccccc2)cnn1-c1ccncc1. The average Bonchev–Trinajstić information content (AvgIpc) is 3.10. The van der Waals surface area contributed by atoms with Crippen molar-refractivity contribution in [2.45, 2.75) is 19.6 Å². The topological polar surface area (TPSA) is 78.3 Å². The normalized spacial score (nSPS) is 11.8. The van der Waals surface area contributed by atoms with Gasteiger partial charge in [0, 0.05) is 19.5 Å². The highest BCUT2D eigenvalue weighted by atomic mass is 16.5. The summed E-state index contributed by atoms with van der Waals surface area (Å²) < 4.78 is 12.4. The van der Waals surface area contributed by atoms with Gasteiger partial charge < -0.3 is 9.47 Å². The first kappa shape index (κ1) is 17.6. The predicted molar refractivity (Wildman–Crippen MR) is 97.0 cm³/mol. The number of pyridine rings is 1. The smallest absolute Gasteiger partial charge is 0.412 e. The zero-order valence-corrected chi connectivity index (χ0v) is 14.6. The molecule has 7 nitrogen and oxygen atoms in total. The van der Waals surface area contributed by atoms with Crippen LogP contribution in [0.3, 0.4) is 0 Å². The molecule has 2 aromatic heterocycles. The summed E-state index contributed by atoms with van der Waals surface area (Å²) in [6.07, 6.45) is 4.11. The van der Waals surface area contributed by atoms with Crippen LogP contribution in [0.15, 0.2) is 61.1 Å². The van der Waals surface area contributed by atoms with Crippen molar-refractivity contribution < 1.29 is 14.3 Å². The minimum absolute atomic E-state index is 0.195. The third kappa shape index (κ3) is 4.07. The number of nitrogens with one attached hydrogen (secondary N) is 1. The zero-order chi connectivity index (χ0) is 18.4. The maximum absolute atomic E-state index is 12.2. The van der Waals surface area contributed by atoms with E-state index in [0.717, 1.165) is 16.9 Å². The summed E-state index contributed by atoms with van der Waals surface area (Å²) in [7, 11) is 1.60. The number of benzene rings is 1. The summed E-state index contributed by atoms with van der Waals surface area (Å²) in [4.78, 5) is 16.2. The number of hydrogen-bond acceptors (Lipinski definition) is 5. The van der Waals surface area contributed by atoms with Crippen LogP contribution in [0.25, 0.3) is 5.69 Å². The number of nitrogens with zero attached hydrogens (tertiary/aromatic N) is 3. The van der Waals surface area contributed by atoms with E-state index in [1.165, 1.54) is 0 Å². The fourth-order valence-electron chi connectivity index (χ4n) is 2.52. The van der Waals surface area contributed by atoms with Gasteiger partial charge in [0.25, 0.3) is 0 Å². The molecule has 0 aliphatic heterocycles. The van der Waals surface area contributed by atoms with Crippen molar-refractivity contribution in [1.29, 1.82) is 0 Å². The summed E-state index contributed by atoms with van der Waals surface area (Å²) in [6, 6.07) is 13.2. The second kappa shape index (κ2) is 8.26. The van der Waals surface area contributed by atoms with Crippen LogP contribution < -0.4 is 5.32 Å². The van der Waals surface area contributed by atoms with Gasteiger partial charge in [0.2, 0.25) is 0 Å². The first-order chi connectivity index (χ1) is 12.7. The van der Waals surface area contributed by atoms with E-state index in [0.29, 0.717) is 5.69 Å². The molecule has 0 aliphatic rings. The van der Waals surface area contributed by atoms with Crippen molar-refractivity contribution in [2.75, 3.05) is 12.4 Å². The van der Waals surface area contributed by atoms with Gasteiger partial charge >= 0.3 is 6.09 Å². The number of aromatic nitrogens is 3. The Bertz CT molecular complexity index is 850. The summed E-state index contributed by atoms with van der Waals surface area (Å²) in [5.74, 6) is 0. The van der Waals surface area contributed by atoms with Crippen LogP contribution in [0, 0.1) is 0 Å². The molecule has 0 saturated heterocycles. The van der Waals surface area contributed by atoms with Gasteiger partial charge in [0.15, 0.2) is 0 Å². The minimum atomic E-state index is -0.548. The van der Waals surface area contributed by atoms with Crippen molar-refractivity contribution in [2.24, 2.45) is 0 Å². The molecule has 3 aromatic rings.